The van der Waals surface area contributed by atoms with Crippen LogP contribution >= 0.6 is 11.6 Å². The van der Waals surface area contributed by atoms with Gasteiger partial charge in [-0.05, 0) is 31.7 Å². The largest absolute Gasteiger partial charge is 0.448 e. The summed E-state index contributed by atoms with van der Waals surface area (Å²) in [5.41, 5.74) is 2.02. The van der Waals surface area contributed by atoms with Gasteiger partial charge in [0.1, 0.15) is 6.26 Å². The van der Waals surface area contributed by atoms with Gasteiger partial charge in [-0.15, -0.1) is 0 Å². The highest BCUT2D eigenvalue weighted by Crippen LogP contribution is 2.16. The van der Waals surface area contributed by atoms with Crippen LogP contribution in [-0.2, 0) is 6.42 Å². The normalized spacial score (nSPS) is 12.6. The summed E-state index contributed by atoms with van der Waals surface area (Å²) in [7, 11) is 1.90. The zero-order valence-corrected chi connectivity index (χ0v) is 10.7. The van der Waals surface area contributed by atoms with E-state index in [1.54, 1.807) is 6.26 Å². The Morgan fingerprint density at radius 3 is 3.00 bits per heavy atom. The number of halogens is 1. The topological polar surface area (TPSA) is 38.1 Å². The highest BCUT2D eigenvalue weighted by molar-refractivity contribution is 6.30. The number of benzene rings is 1. The van der Waals surface area contributed by atoms with E-state index in [0.29, 0.717) is 12.3 Å². The molecule has 0 saturated heterocycles. The average Bonchev–Trinajstić information content (AvgIpc) is 2.76. The minimum Gasteiger partial charge on any atom is -0.448 e. The van der Waals surface area contributed by atoms with E-state index in [4.69, 9.17) is 16.0 Å². The summed E-state index contributed by atoms with van der Waals surface area (Å²) < 4.78 is 5.44. The molecule has 17 heavy (non-hydrogen) atoms. The molecule has 0 amide bonds. The first-order valence-electron chi connectivity index (χ1n) is 5.55. The van der Waals surface area contributed by atoms with Gasteiger partial charge >= 0.3 is 0 Å². The van der Waals surface area contributed by atoms with Crippen molar-refractivity contribution < 1.29 is 4.42 Å². The van der Waals surface area contributed by atoms with Crippen molar-refractivity contribution in [2.75, 3.05) is 7.05 Å². The van der Waals surface area contributed by atoms with E-state index in [1.807, 2.05) is 38.2 Å². The molecule has 0 fully saturated rings. The first kappa shape index (κ1) is 12.1. The summed E-state index contributed by atoms with van der Waals surface area (Å²) in [5, 5.41) is 3.86. The second-order valence-corrected chi connectivity index (χ2v) is 4.42. The van der Waals surface area contributed by atoms with E-state index in [9.17, 15) is 0 Å². The van der Waals surface area contributed by atoms with Gasteiger partial charge in [0, 0.05) is 17.5 Å². The maximum Gasteiger partial charge on any atom is 0.198 e. The van der Waals surface area contributed by atoms with E-state index in [2.05, 4.69) is 10.3 Å². The zero-order valence-electron chi connectivity index (χ0n) is 9.90. The van der Waals surface area contributed by atoms with Gasteiger partial charge in [-0.2, -0.15) is 0 Å². The molecule has 0 bridgehead atoms. The van der Waals surface area contributed by atoms with Crippen LogP contribution in [0.5, 0.6) is 0 Å². The van der Waals surface area contributed by atoms with Crippen molar-refractivity contribution in [3.63, 3.8) is 0 Å². The van der Waals surface area contributed by atoms with E-state index in [1.165, 1.54) is 0 Å². The molecule has 1 unspecified atom stereocenters. The minimum absolute atomic E-state index is 0.201. The number of hydrogen-bond acceptors (Lipinski definition) is 3. The Balaban J connectivity index is 2.11. The van der Waals surface area contributed by atoms with Crippen LogP contribution in [0.4, 0.5) is 0 Å². The monoisotopic (exact) mass is 250 g/mol. The van der Waals surface area contributed by atoms with E-state index in [-0.39, 0.29) is 6.04 Å². The molecule has 0 aliphatic heterocycles. The molecule has 1 atom stereocenters. The fourth-order valence-electron chi connectivity index (χ4n) is 1.57. The third kappa shape index (κ3) is 3.08. The van der Waals surface area contributed by atoms with Crippen LogP contribution in [-0.4, -0.2) is 12.0 Å². The van der Waals surface area contributed by atoms with Crippen LogP contribution in [0.1, 0.15) is 30.1 Å². The Bertz CT molecular complexity index is 496. The Labute approximate surface area is 106 Å². The summed E-state index contributed by atoms with van der Waals surface area (Å²) in [6.45, 7) is 2.04. The zero-order chi connectivity index (χ0) is 12.3. The number of hydrogen-bond donors (Lipinski definition) is 1. The van der Waals surface area contributed by atoms with Crippen molar-refractivity contribution in [2.24, 2.45) is 0 Å². The van der Waals surface area contributed by atoms with E-state index in [0.717, 1.165) is 16.3 Å². The molecule has 0 aliphatic carbocycles. The number of aromatic nitrogens is 1. The van der Waals surface area contributed by atoms with Crippen molar-refractivity contribution in [3.05, 3.63) is 52.7 Å². The smallest absolute Gasteiger partial charge is 0.198 e. The third-order valence-electron chi connectivity index (χ3n) is 2.69. The van der Waals surface area contributed by atoms with Crippen molar-refractivity contribution in [2.45, 2.75) is 19.4 Å². The predicted octanol–water partition coefficient (Wildman–Crippen LogP) is 3.20. The summed E-state index contributed by atoms with van der Waals surface area (Å²) in [6, 6.07) is 7.92. The Kier molecular flexibility index (Phi) is 3.82. The highest BCUT2D eigenvalue weighted by atomic mass is 35.5. The number of oxazole rings is 1. The lowest BCUT2D eigenvalue weighted by molar-refractivity contribution is 0.505. The van der Waals surface area contributed by atoms with Crippen LogP contribution in [0.25, 0.3) is 0 Å². The van der Waals surface area contributed by atoms with Crippen LogP contribution < -0.4 is 5.32 Å². The van der Waals surface area contributed by atoms with Crippen molar-refractivity contribution in [3.8, 4) is 0 Å². The molecule has 1 N–H and O–H groups in total. The Hall–Kier alpha value is -1.32. The van der Waals surface area contributed by atoms with Gasteiger partial charge in [-0.3, -0.25) is 0 Å². The summed E-state index contributed by atoms with van der Waals surface area (Å²) in [6.07, 6.45) is 2.36. The maximum absolute atomic E-state index is 5.93. The van der Waals surface area contributed by atoms with Gasteiger partial charge in [0.2, 0.25) is 0 Å². The molecule has 1 aromatic carbocycles. The van der Waals surface area contributed by atoms with Gasteiger partial charge < -0.3 is 9.73 Å². The van der Waals surface area contributed by atoms with Gasteiger partial charge in [-0.1, -0.05) is 23.7 Å². The van der Waals surface area contributed by atoms with Crippen LogP contribution in [0.2, 0.25) is 5.02 Å². The summed E-state index contributed by atoms with van der Waals surface area (Å²) >= 11 is 5.93. The SMILES string of the molecule is CNC(C)c1coc(Cc2cccc(Cl)c2)n1. The second-order valence-electron chi connectivity index (χ2n) is 3.98. The molecular formula is C13H15ClN2O. The molecule has 0 radical (unpaired) electrons. The van der Waals surface area contributed by atoms with Crippen LogP contribution in [0, 0.1) is 0 Å². The van der Waals surface area contributed by atoms with E-state index < -0.39 is 0 Å². The molecule has 3 nitrogen and oxygen atoms in total. The molecule has 2 aromatic rings. The van der Waals surface area contributed by atoms with Gasteiger partial charge in [0.05, 0.1) is 5.69 Å². The molecule has 0 spiro atoms. The molecule has 0 saturated carbocycles. The molecule has 2 rings (SSSR count). The predicted molar refractivity (Wildman–Crippen MR) is 68.2 cm³/mol. The average molecular weight is 251 g/mol. The van der Waals surface area contributed by atoms with Gasteiger partial charge in [0.25, 0.3) is 0 Å². The number of nitrogens with zero attached hydrogens (tertiary/aromatic N) is 1. The number of nitrogens with one attached hydrogen (secondary N) is 1. The molecule has 0 aliphatic rings. The summed E-state index contributed by atoms with van der Waals surface area (Å²) in [5.74, 6) is 0.712. The molecule has 1 heterocycles. The van der Waals surface area contributed by atoms with Gasteiger partial charge in [0.15, 0.2) is 5.89 Å². The van der Waals surface area contributed by atoms with Crippen LogP contribution in [0.3, 0.4) is 0 Å². The fraction of sp³-hybridized carbons (Fsp3) is 0.308. The van der Waals surface area contributed by atoms with Crippen molar-refractivity contribution in [1.29, 1.82) is 0 Å². The van der Waals surface area contributed by atoms with Crippen molar-refractivity contribution in [1.82, 2.24) is 10.3 Å². The molecule has 90 valence electrons. The minimum atomic E-state index is 0.201. The van der Waals surface area contributed by atoms with E-state index >= 15 is 0 Å². The van der Waals surface area contributed by atoms with Crippen LogP contribution in [0.15, 0.2) is 34.9 Å². The third-order valence-corrected chi connectivity index (χ3v) is 2.93. The lowest BCUT2D eigenvalue weighted by Gasteiger charge is -2.03. The Morgan fingerprint density at radius 1 is 1.47 bits per heavy atom. The molecule has 1 aromatic heterocycles. The highest BCUT2D eigenvalue weighted by Gasteiger charge is 2.09. The standard InChI is InChI=1S/C13H15ClN2O/c1-9(15-2)12-8-17-13(16-12)7-10-4-3-5-11(14)6-10/h3-6,8-9,15H,7H2,1-2H3. The first-order chi connectivity index (χ1) is 8.19. The quantitative estimate of drug-likeness (QED) is 0.906. The lowest BCUT2D eigenvalue weighted by Crippen LogP contribution is -2.12. The second kappa shape index (κ2) is 5.34. The summed E-state index contributed by atoms with van der Waals surface area (Å²) in [4.78, 5) is 4.43. The fourth-order valence-corrected chi connectivity index (χ4v) is 1.79. The molecule has 4 heteroatoms. The van der Waals surface area contributed by atoms with Crippen molar-refractivity contribution >= 4 is 11.6 Å². The van der Waals surface area contributed by atoms with Gasteiger partial charge in [-0.25, -0.2) is 4.98 Å². The lowest BCUT2D eigenvalue weighted by atomic mass is 10.1. The Morgan fingerprint density at radius 2 is 2.29 bits per heavy atom. The maximum atomic E-state index is 5.93. The molecular weight excluding hydrogens is 236 g/mol. The first-order valence-corrected chi connectivity index (χ1v) is 5.93. The number of rotatable bonds is 4.